The molecule has 0 saturated carbocycles. The van der Waals surface area contributed by atoms with Gasteiger partial charge in [-0.2, -0.15) is 0 Å². The van der Waals surface area contributed by atoms with Crippen molar-refractivity contribution in [2.24, 2.45) is 0 Å². The van der Waals surface area contributed by atoms with Crippen LogP contribution in [0.25, 0.3) is 0 Å². The topological polar surface area (TPSA) is 9.23 Å². The van der Waals surface area contributed by atoms with Crippen LogP contribution in [0.2, 0.25) is 10.0 Å². The molecule has 2 aromatic carbocycles. The standard InChI is InChI=1S/C14H10Cl3FO/c15-7-9-3-1-6-12(17)14(9)19-8-10-4-2-5-11(16)13(10)18/h1-6H,7-8H2. The van der Waals surface area contributed by atoms with Gasteiger partial charge in [-0.25, -0.2) is 4.39 Å². The molecule has 0 radical (unpaired) electrons. The molecule has 0 N–H and O–H groups in total. The average Bonchev–Trinajstić information content (AvgIpc) is 2.41. The van der Waals surface area contributed by atoms with E-state index in [0.717, 1.165) is 5.56 Å². The maximum Gasteiger partial charge on any atom is 0.148 e. The van der Waals surface area contributed by atoms with E-state index < -0.39 is 5.82 Å². The zero-order valence-electron chi connectivity index (χ0n) is 9.80. The fraction of sp³-hybridized carbons (Fsp3) is 0.143. The lowest BCUT2D eigenvalue weighted by molar-refractivity contribution is 0.298. The van der Waals surface area contributed by atoms with E-state index in [1.165, 1.54) is 6.07 Å². The van der Waals surface area contributed by atoms with Gasteiger partial charge in [-0.05, 0) is 12.1 Å². The molecule has 0 atom stereocenters. The molecule has 0 saturated heterocycles. The largest absolute Gasteiger partial charge is 0.487 e. The van der Waals surface area contributed by atoms with E-state index in [-0.39, 0.29) is 17.5 Å². The molecule has 0 aliphatic rings. The van der Waals surface area contributed by atoms with Crippen LogP contribution in [0.4, 0.5) is 4.39 Å². The summed E-state index contributed by atoms with van der Waals surface area (Å²) in [6.45, 7) is 0.0417. The summed E-state index contributed by atoms with van der Waals surface area (Å²) in [4.78, 5) is 0. The minimum absolute atomic E-state index is 0.0417. The van der Waals surface area contributed by atoms with Crippen LogP contribution in [0.5, 0.6) is 5.75 Å². The minimum atomic E-state index is -0.483. The van der Waals surface area contributed by atoms with Crippen LogP contribution in [0.3, 0.4) is 0 Å². The zero-order chi connectivity index (χ0) is 13.8. The summed E-state index contributed by atoms with van der Waals surface area (Å²) >= 11 is 17.6. The van der Waals surface area contributed by atoms with Crippen molar-refractivity contribution < 1.29 is 9.13 Å². The molecule has 1 nitrogen and oxygen atoms in total. The second-order valence-electron chi connectivity index (χ2n) is 3.86. The monoisotopic (exact) mass is 318 g/mol. The molecule has 5 heteroatoms. The SMILES string of the molecule is Fc1c(Cl)cccc1COc1c(Cl)cccc1CCl. The van der Waals surface area contributed by atoms with Gasteiger partial charge < -0.3 is 4.74 Å². The first kappa shape index (κ1) is 14.4. The van der Waals surface area contributed by atoms with Crippen LogP contribution in [-0.4, -0.2) is 0 Å². The Morgan fingerprint density at radius 2 is 1.58 bits per heavy atom. The van der Waals surface area contributed by atoms with Gasteiger partial charge in [0.15, 0.2) is 0 Å². The Bertz CT molecular complexity index is 587. The third-order valence-electron chi connectivity index (χ3n) is 2.60. The Morgan fingerprint density at radius 3 is 2.26 bits per heavy atom. The minimum Gasteiger partial charge on any atom is -0.487 e. The molecule has 19 heavy (non-hydrogen) atoms. The van der Waals surface area contributed by atoms with E-state index >= 15 is 0 Å². The molecule has 0 aromatic heterocycles. The zero-order valence-corrected chi connectivity index (χ0v) is 12.1. The molecular formula is C14H10Cl3FO. The number of halogens is 4. The Labute approximate surface area is 125 Å². The molecule has 0 spiro atoms. The second kappa shape index (κ2) is 6.47. The van der Waals surface area contributed by atoms with E-state index in [0.29, 0.717) is 16.3 Å². The fourth-order valence-corrected chi connectivity index (χ4v) is 2.28. The summed E-state index contributed by atoms with van der Waals surface area (Å²) in [5.41, 5.74) is 1.13. The van der Waals surface area contributed by atoms with E-state index in [4.69, 9.17) is 39.5 Å². The van der Waals surface area contributed by atoms with Crippen molar-refractivity contribution in [3.05, 3.63) is 63.4 Å². The summed E-state index contributed by atoms with van der Waals surface area (Å²) in [7, 11) is 0. The van der Waals surface area contributed by atoms with Crippen molar-refractivity contribution in [3.8, 4) is 5.75 Å². The molecule has 0 unspecified atom stereocenters. The normalized spacial score (nSPS) is 10.5. The summed E-state index contributed by atoms with van der Waals surface area (Å²) < 4.78 is 19.3. The van der Waals surface area contributed by atoms with Gasteiger partial charge in [0.25, 0.3) is 0 Å². The number of hydrogen-bond donors (Lipinski definition) is 0. The van der Waals surface area contributed by atoms with E-state index in [2.05, 4.69) is 0 Å². The van der Waals surface area contributed by atoms with Crippen LogP contribution in [0.15, 0.2) is 36.4 Å². The number of hydrogen-bond acceptors (Lipinski definition) is 1. The highest BCUT2D eigenvalue weighted by Gasteiger charge is 2.11. The molecule has 0 bridgehead atoms. The van der Waals surface area contributed by atoms with Crippen molar-refractivity contribution >= 4 is 34.8 Å². The van der Waals surface area contributed by atoms with Crippen LogP contribution in [-0.2, 0) is 12.5 Å². The van der Waals surface area contributed by atoms with Gasteiger partial charge in [-0.3, -0.25) is 0 Å². The van der Waals surface area contributed by atoms with Crippen LogP contribution in [0.1, 0.15) is 11.1 Å². The van der Waals surface area contributed by atoms with Gasteiger partial charge in [0.1, 0.15) is 18.2 Å². The quantitative estimate of drug-likeness (QED) is 0.681. The predicted molar refractivity (Wildman–Crippen MR) is 76.8 cm³/mol. The first-order valence-electron chi connectivity index (χ1n) is 5.52. The third kappa shape index (κ3) is 3.33. The van der Waals surface area contributed by atoms with E-state index in [1.54, 1.807) is 24.3 Å². The number of rotatable bonds is 4. The van der Waals surface area contributed by atoms with Crippen molar-refractivity contribution in [1.29, 1.82) is 0 Å². The van der Waals surface area contributed by atoms with Crippen molar-refractivity contribution in [1.82, 2.24) is 0 Å². The Kier molecular flexibility index (Phi) is 4.92. The van der Waals surface area contributed by atoms with Crippen LogP contribution >= 0.6 is 34.8 Å². The second-order valence-corrected chi connectivity index (χ2v) is 4.94. The molecule has 0 fully saturated rings. The van der Waals surface area contributed by atoms with Gasteiger partial charge in [0.05, 0.1) is 15.9 Å². The summed E-state index contributed by atoms with van der Waals surface area (Å²) in [5.74, 6) is 0.260. The van der Waals surface area contributed by atoms with Gasteiger partial charge in [-0.1, -0.05) is 47.5 Å². The molecule has 100 valence electrons. The number of para-hydroxylation sites is 1. The predicted octanol–water partition coefficient (Wildman–Crippen LogP) is 5.45. The molecule has 2 rings (SSSR count). The first-order chi connectivity index (χ1) is 9.13. The molecule has 0 amide bonds. The molecule has 0 heterocycles. The smallest absolute Gasteiger partial charge is 0.148 e. The summed E-state index contributed by atoms with van der Waals surface area (Å²) in [5, 5.41) is 0.512. The highest BCUT2D eigenvalue weighted by molar-refractivity contribution is 6.32. The highest BCUT2D eigenvalue weighted by Crippen LogP contribution is 2.31. The van der Waals surface area contributed by atoms with Crippen LogP contribution in [0, 0.1) is 5.82 Å². The lowest BCUT2D eigenvalue weighted by Gasteiger charge is -2.12. The fourth-order valence-electron chi connectivity index (χ4n) is 1.63. The Balaban J connectivity index is 2.21. The van der Waals surface area contributed by atoms with Gasteiger partial charge in [0.2, 0.25) is 0 Å². The van der Waals surface area contributed by atoms with Crippen molar-refractivity contribution in [2.45, 2.75) is 12.5 Å². The van der Waals surface area contributed by atoms with Crippen molar-refractivity contribution in [2.75, 3.05) is 0 Å². The first-order valence-corrected chi connectivity index (χ1v) is 6.81. The van der Waals surface area contributed by atoms with E-state index in [9.17, 15) is 4.39 Å². The Morgan fingerprint density at radius 1 is 0.947 bits per heavy atom. The maximum absolute atomic E-state index is 13.7. The van der Waals surface area contributed by atoms with Crippen LogP contribution < -0.4 is 4.74 Å². The molecule has 0 aliphatic heterocycles. The molecule has 2 aromatic rings. The van der Waals surface area contributed by atoms with Gasteiger partial charge in [-0.15, -0.1) is 11.6 Å². The molecule has 0 aliphatic carbocycles. The number of alkyl halides is 1. The van der Waals surface area contributed by atoms with Gasteiger partial charge >= 0.3 is 0 Å². The van der Waals surface area contributed by atoms with E-state index in [1.807, 2.05) is 6.07 Å². The highest BCUT2D eigenvalue weighted by atomic mass is 35.5. The van der Waals surface area contributed by atoms with Crippen molar-refractivity contribution in [3.63, 3.8) is 0 Å². The Hall–Kier alpha value is -0.960. The lowest BCUT2D eigenvalue weighted by Crippen LogP contribution is -2.01. The maximum atomic E-state index is 13.7. The lowest BCUT2D eigenvalue weighted by atomic mass is 10.2. The number of benzene rings is 2. The summed E-state index contributed by atoms with van der Waals surface area (Å²) in [6.07, 6.45) is 0. The van der Waals surface area contributed by atoms with Gasteiger partial charge in [0, 0.05) is 11.1 Å². The average molecular weight is 320 g/mol. The molecular weight excluding hydrogens is 310 g/mol. The number of ether oxygens (including phenoxy) is 1. The third-order valence-corrected chi connectivity index (χ3v) is 3.47. The summed E-state index contributed by atoms with van der Waals surface area (Å²) in [6, 6.07) is 10.0.